The number of rotatable bonds is 5. The number of halogens is 1. The Hall–Kier alpha value is -3.26. The summed E-state index contributed by atoms with van der Waals surface area (Å²) in [6.07, 6.45) is 1.54. The normalized spacial score (nSPS) is 16.9. The summed E-state index contributed by atoms with van der Waals surface area (Å²) in [6.45, 7) is 3.11. The molecule has 3 aromatic rings. The van der Waals surface area contributed by atoms with Gasteiger partial charge in [-0.3, -0.25) is 9.69 Å². The highest BCUT2D eigenvalue weighted by Gasteiger charge is 2.27. The number of hydrogen-bond acceptors (Lipinski definition) is 7. The average molecular weight is 423 g/mol. The maximum absolute atomic E-state index is 13.1. The van der Waals surface area contributed by atoms with Gasteiger partial charge in [0.2, 0.25) is 11.7 Å². The van der Waals surface area contributed by atoms with Gasteiger partial charge in [0.05, 0.1) is 6.54 Å². The predicted octanol–water partition coefficient (Wildman–Crippen LogP) is 3.74. The summed E-state index contributed by atoms with van der Waals surface area (Å²) in [4.78, 5) is 19.6. The number of likely N-dealkylation sites (tertiary alicyclic amines) is 1. The molecule has 2 aliphatic rings. The predicted molar refractivity (Wildman–Crippen MR) is 109 cm³/mol. The summed E-state index contributed by atoms with van der Waals surface area (Å²) in [5, 5.41) is 3.99. The van der Waals surface area contributed by atoms with E-state index in [9.17, 15) is 9.18 Å². The molecule has 5 rings (SSSR count). The molecular weight excluding hydrogens is 401 g/mol. The van der Waals surface area contributed by atoms with Gasteiger partial charge in [0.1, 0.15) is 19.0 Å². The number of nitrogens with zero attached hydrogens (tertiary/aromatic N) is 3. The van der Waals surface area contributed by atoms with E-state index in [0.29, 0.717) is 54.1 Å². The minimum atomic E-state index is -0.305. The minimum absolute atomic E-state index is 0.0173. The molecule has 0 N–H and O–H groups in total. The van der Waals surface area contributed by atoms with Crippen molar-refractivity contribution in [3.05, 3.63) is 59.7 Å². The molecule has 0 unspecified atom stereocenters. The van der Waals surface area contributed by atoms with Crippen molar-refractivity contribution in [1.29, 1.82) is 0 Å². The lowest BCUT2D eigenvalue weighted by molar-refractivity contribution is 0.0824. The molecule has 0 bridgehead atoms. The van der Waals surface area contributed by atoms with Crippen molar-refractivity contribution in [2.24, 2.45) is 5.92 Å². The van der Waals surface area contributed by atoms with Crippen molar-refractivity contribution in [2.75, 3.05) is 26.3 Å². The van der Waals surface area contributed by atoms with E-state index < -0.39 is 0 Å². The zero-order valence-electron chi connectivity index (χ0n) is 16.9. The van der Waals surface area contributed by atoms with Gasteiger partial charge in [0.15, 0.2) is 17.3 Å². The quantitative estimate of drug-likeness (QED) is 0.579. The molecule has 3 heterocycles. The first-order valence-electron chi connectivity index (χ1n) is 10.4. The highest BCUT2D eigenvalue weighted by Crippen LogP contribution is 2.32. The Morgan fingerprint density at radius 1 is 1.03 bits per heavy atom. The first kappa shape index (κ1) is 19.7. The van der Waals surface area contributed by atoms with E-state index in [0.717, 1.165) is 25.9 Å². The topological polar surface area (TPSA) is 77.7 Å². The van der Waals surface area contributed by atoms with Gasteiger partial charge in [-0.25, -0.2) is 4.39 Å². The second-order valence-corrected chi connectivity index (χ2v) is 7.79. The second kappa shape index (κ2) is 8.47. The van der Waals surface area contributed by atoms with Crippen LogP contribution in [0, 0.1) is 11.7 Å². The summed E-state index contributed by atoms with van der Waals surface area (Å²) in [5.41, 5.74) is 1.38. The lowest BCUT2D eigenvalue weighted by Crippen LogP contribution is -2.36. The molecule has 1 saturated heterocycles. The highest BCUT2D eigenvalue weighted by atomic mass is 19.1. The zero-order chi connectivity index (χ0) is 21.2. The van der Waals surface area contributed by atoms with Crippen molar-refractivity contribution in [3.8, 4) is 22.9 Å². The third-order valence-corrected chi connectivity index (χ3v) is 5.71. The van der Waals surface area contributed by atoms with E-state index in [-0.39, 0.29) is 17.5 Å². The summed E-state index contributed by atoms with van der Waals surface area (Å²) in [5.74, 6) is 2.11. The van der Waals surface area contributed by atoms with Crippen molar-refractivity contribution < 1.29 is 23.2 Å². The summed E-state index contributed by atoms with van der Waals surface area (Å²) in [6, 6.07) is 11.4. The average Bonchev–Trinajstić information content (AvgIpc) is 3.27. The third-order valence-electron chi connectivity index (χ3n) is 5.71. The van der Waals surface area contributed by atoms with E-state index in [1.807, 2.05) is 12.1 Å². The van der Waals surface area contributed by atoms with Gasteiger partial charge in [-0.2, -0.15) is 4.98 Å². The van der Waals surface area contributed by atoms with Crippen LogP contribution in [-0.2, 0) is 6.54 Å². The zero-order valence-corrected chi connectivity index (χ0v) is 16.9. The van der Waals surface area contributed by atoms with Gasteiger partial charge in [0.25, 0.3) is 0 Å². The molecule has 2 aliphatic heterocycles. The Balaban J connectivity index is 1.17. The standard InChI is InChI=1S/C23H22FN3O4/c24-18-4-1-16(2-5-18)23-25-21(31-26-23)14-27-9-7-15(8-10-27)22(28)17-3-6-19-20(13-17)30-12-11-29-19/h1-6,13,15H,7-12,14H2. The summed E-state index contributed by atoms with van der Waals surface area (Å²) < 4.78 is 29.6. The van der Waals surface area contributed by atoms with Gasteiger partial charge in [0, 0.05) is 17.0 Å². The van der Waals surface area contributed by atoms with Crippen LogP contribution in [0.25, 0.3) is 11.4 Å². The molecule has 0 atom stereocenters. The molecule has 0 saturated carbocycles. The Morgan fingerprint density at radius 3 is 2.55 bits per heavy atom. The summed E-state index contributed by atoms with van der Waals surface area (Å²) >= 11 is 0. The van der Waals surface area contributed by atoms with Crippen LogP contribution >= 0.6 is 0 Å². The lowest BCUT2D eigenvalue weighted by atomic mass is 9.88. The molecule has 0 aliphatic carbocycles. The van der Waals surface area contributed by atoms with Gasteiger partial charge in [-0.05, 0) is 68.4 Å². The Labute approximate surface area is 178 Å². The summed E-state index contributed by atoms with van der Waals surface area (Å²) in [7, 11) is 0. The molecule has 1 fully saturated rings. The number of ketones is 1. The third kappa shape index (κ3) is 4.29. The van der Waals surface area contributed by atoms with Crippen LogP contribution < -0.4 is 9.47 Å². The number of ether oxygens (including phenoxy) is 2. The molecule has 160 valence electrons. The van der Waals surface area contributed by atoms with Crippen LogP contribution in [-0.4, -0.2) is 47.1 Å². The molecule has 0 amide bonds. The van der Waals surface area contributed by atoms with Gasteiger partial charge >= 0.3 is 0 Å². The molecule has 0 spiro atoms. The van der Waals surface area contributed by atoms with E-state index in [2.05, 4.69) is 15.0 Å². The molecule has 1 aromatic heterocycles. The number of piperidine rings is 1. The monoisotopic (exact) mass is 423 g/mol. The fourth-order valence-corrected chi connectivity index (χ4v) is 4.01. The van der Waals surface area contributed by atoms with Crippen molar-refractivity contribution in [3.63, 3.8) is 0 Å². The Kier molecular flexibility index (Phi) is 5.38. The second-order valence-electron chi connectivity index (χ2n) is 7.79. The minimum Gasteiger partial charge on any atom is -0.486 e. The number of aromatic nitrogens is 2. The maximum atomic E-state index is 13.1. The van der Waals surface area contributed by atoms with Crippen LogP contribution in [0.5, 0.6) is 11.5 Å². The number of Topliss-reactive ketones (excluding diaryl/α,β-unsaturated/α-hetero) is 1. The van der Waals surface area contributed by atoms with Crippen LogP contribution in [0.15, 0.2) is 47.0 Å². The van der Waals surface area contributed by atoms with Crippen molar-refractivity contribution in [2.45, 2.75) is 19.4 Å². The number of hydrogen-bond donors (Lipinski definition) is 0. The van der Waals surface area contributed by atoms with Crippen LogP contribution in [0.3, 0.4) is 0 Å². The number of carbonyl (C=O) groups excluding carboxylic acids is 1. The SMILES string of the molecule is O=C(c1ccc2c(c1)OCCO2)C1CCN(Cc2nc(-c3ccc(F)cc3)no2)CC1. The molecule has 31 heavy (non-hydrogen) atoms. The van der Waals surface area contributed by atoms with E-state index in [1.54, 1.807) is 18.2 Å². The first-order chi connectivity index (χ1) is 15.2. The van der Waals surface area contributed by atoms with Gasteiger partial charge in [-0.1, -0.05) is 5.16 Å². The first-order valence-corrected chi connectivity index (χ1v) is 10.4. The smallest absolute Gasteiger partial charge is 0.241 e. The van der Waals surface area contributed by atoms with Crippen LogP contribution in [0.1, 0.15) is 29.1 Å². The van der Waals surface area contributed by atoms with E-state index >= 15 is 0 Å². The number of fused-ring (bicyclic) bond motifs is 1. The van der Waals surface area contributed by atoms with Crippen molar-refractivity contribution in [1.82, 2.24) is 15.0 Å². The fraction of sp³-hybridized carbons (Fsp3) is 0.348. The number of carbonyl (C=O) groups is 1. The van der Waals surface area contributed by atoms with Crippen molar-refractivity contribution >= 4 is 5.78 Å². The largest absolute Gasteiger partial charge is 0.486 e. The van der Waals surface area contributed by atoms with Crippen LogP contribution in [0.2, 0.25) is 0 Å². The highest BCUT2D eigenvalue weighted by molar-refractivity contribution is 5.98. The Bertz CT molecular complexity index is 1070. The molecule has 0 radical (unpaired) electrons. The van der Waals surface area contributed by atoms with E-state index in [1.165, 1.54) is 12.1 Å². The maximum Gasteiger partial charge on any atom is 0.241 e. The number of benzene rings is 2. The molecule has 2 aromatic carbocycles. The van der Waals surface area contributed by atoms with Gasteiger partial charge < -0.3 is 14.0 Å². The van der Waals surface area contributed by atoms with E-state index in [4.69, 9.17) is 14.0 Å². The Morgan fingerprint density at radius 2 is 1.77 bits per heavy atom. The molecular formula is C23H22FN3O4. The van der Waals surface area contributed by atoms with Gasteiger partial charge in [-0.15, -0.1) is 0 Å². The fourth-order valence-electron chi connectivity index (χ4n) is 4.01. The van der Waals surface area contributed by atoms with Crippen LogP contribution in [0.4, 0.5) is 4.39 Å². The molecule has 8 heteroatoms. The molecule has 7 nitrogen and oxygen atoms in total. The lowest BCUT2D eigenvalue weighted by Gasteiger charge is -2.30.